The summed E-state index contributed by atoms with van der Waals surface area (Å²) in [4.78, 5) is 0. The van der Waals surface area contributed by atoms with Crippen LogP contribution in [-0.4, -0.2) is 11.6 Å². The van der Waals surface area contributed by atoms with Crippen LogP contribution in [0.15, 0.2) is 84.0 Å². The van der Waals surface area contributed by atoms with Gasteiger partial charge in [0.25, 0.3) is 0 Å². The summed E-state index contributed by atoms with van der Waals surface area (Å²) in [6, 6.07) is 23.4. The van der Waals surface area contributed by atoms with Gasteiger partial charge in [-0.05, 0) is 15.9 Å². The molecule has 4 aromatic carbocycles. The highest BCUT2D eigenvalue weighted by atomic mass is 19.3. The molecule has 4 aromatic rings. The van der Waals surface area contributed by atoms with Gasteiger partial charge in [-0.2, -0.15) is 4.61 Å². The Morgan fingerprint density at radius 3 is 1.92 bits per heavy atom. The maximum Gasteiger partial charge on any atom is 0.858 e. The fourth-order valence-corrected chi connectivity index (χ4v) is 3.49. The highest BCUT2D eigenvalue weighted by Crippen LogP contribution is 2.48. The van der Waals surface area contributed by atoms with E-state index in [0.717, 1.165) is 16.2 Å². The molecule has 26 heavy (non-hydrogen) atoms. The Balaban J connectivity index is 1.92. The molecule has 0 aromatic heterocycles. The van der Waals surface area contributed by atoms with Crippen molar-refractivity contribution in [1.29, 1.82) is 0 Å². The van der Waals surface area contributed by atoms with E-state index in [1.54, 1.807) is 36.4 Å². The van der Waals surface area contributed by atoms with Crippen molar-refractivity contribution in [2.24, 2.45) is 5.11 Å². The zero-order valence-corrected chi connectivity index (χ0v) is 13.6. The van der Waals surface area contributed by atoms with E-state index in [9.17, 15) is 8.63 Å². The Morgan fingerprint density at radius 1 is 0.692 bits per heavy atom. The lowest BCUT2D eigenvalue weighted by Gasteiger charge is -2.27. The Morgan fingerprint density at radius 2 is 1.23 bits per heavy atom. The molecule has 126 valence electrons. The molecule has 0 radical (unpaired) electrons. The summed E-state index contributed by atoms with van der Waals surface area (Å²) in [6.45, 7) is 0. The van der Waals surface area contributed by atoms with Crippen molar-refractivity contribution >= 4 is 40.0 Å². The van der Waals surface area contributed by atoms with Gasteiger partial charge in [-0.15, -0.1) is 0 Å². The third-order valence-corrected chi connectivity index (χ3v) is 4.63. The van der Waals surface area contributed by atoms with Gasteiger partial charge in [0.1, 0.15) is 5.75 Å². The highest BCUT2D eigenvalue weighted by molar-refractivity contribution is 6.52. The second-order valence-electron chi connectivity index (χ2n) is 6.23. The normalized spacial score (nSPS) is 15.4. The first kappa shape index (κ1) is 15.0. The van der Waals surface area contributed by atoms with Crippen LogP contribution in [0.1, 0.15) is 0 Å². The van der Waals surface area contributed by atoms with Gasteiger partial charge in [0.2, 0.25) is 0 Å². The predicted octanol–water partition coefficient (Wildman–Crippen LogP) is 6.19. The number of benzene rings is 4. The molecule has 1 heterocycles. The van der Waals surface area contributed by atoms with Gasteiger partial charge in [-0.3, -0.25) is 0 Å². The number of hydrogen-bond acceptors (Lipinski definition) is 2. The average Bonchev–Trinajstić information content (AvgIpc) is 2.68. The lowest BCUT2D eigenvalue weighted by molar-refractivity contribution is -0.420. The van der Waals surface area contributed by atoms with Crippen LogP contribution < -0.4 is 4.65 Å². The minimum atomic E-state index is -4.33. The molecule has 0 spiro atoms. The summed E-state index contributed by atoms with van der Waals surface area (Å²) in [5.74, 6) is 0.136. The first-order valence-electron chi connectivity index (χ1n) is 8.35. The number of nitrogens with zero attached hydrogens (tertiary/aromatic N) is 2. The molecule has 0 saturated heterocycles. The summed E-state index contributed by atoms with van der Waals surface area (Å²) in [7, 11) is -4.33. The average molecular weight is 346 g/mol. The van der Waals surface area contributed by atoms with Crippen molar-refractivity contribution in [3.8, 4) is 5.75 Å². The lowest BCUT2D eigenvalue weighted by atomic mass is 9.96. The van der Waals surface area contributed by atoms with Crippen molar-refractivity contribution in [1.82, 2.24) is 0 Å². The van der Waals surface area contributed by atoms with E-state index in [2.05, 4.69) is 5.11 Å². The number of fused-ring (bicyclic) bond motifs is 6. The van der Waals surface area contributed by atoms with Crippen molar-refractivity contribution in [3.63, 3.8) is 0 Å². The second kappa shape index (κ2) is 5.36. The summed E-state index contributed by atoms with van der Waals surface area (Å²) in [5.41, 5.74) is 0.719. The topological polar surface area (TPSA) is 24.6 Å². The lowest BCUT2D eigenvalue weighted by Crippen LogP contribution is -2.44. The number of azo groups is 1. The van der Waals surface area contributed by atoms with E-state index in [4.69, 9.17) is 4.65 Å². The monoisotopic (exact) mass is 346 g/mol. The Kier molecular flexibility index (Phi) is 3.10. The van der Waals surface area contributed by atoms with Crippen LogP contribution in [0.2, 0.25) is 0 Å². The molecule has 0 N–H and O–H groups in total. The van der Waals surface area contributed by atoms with Gasteiger partial charge in [-0.1, -0.05) is 66.7 Å². The van der Waals surface area contributed by atoms with Gasteiger partial charge in [-0.25, -0.2) is 0 Å². The van der Waals surface area contributed by atoms with Crippen molar-refractivity contribution < 1.29 is 17.9 Å². The van der Waals surface area contributed by atoms with Crippen LogP contribution in [0.4, 0.5) is 20.0 Å². The molecule has 0 amide bonds. The van der Waals surface area contributed by atoms with Crippen LogP contribution in [0.25, 0.3) is 21.5 Å². The fraction of sp³-hybridized carbons (Fsp3) is 0. The smallest absolute Gasteiger partial charge is 0.596 e. The number of rotatable bonds is 1. The van der Waals surface area contributed by atoms with Crippen molar-refractivity contribution in [2.75, 3.05) is 0 Å². The first-order chi connectivity index (χ1) is 12.6. The van der Waals surface area contributed by atoms with Crippen LogP contribution in [0.3, 0.4) is 0 Å². The molecule has 5 rings (SSSR count). The number of halogens is 2. The highest BCUT2D eigenvalue weighted by Gasteiger charge is 2.53. The molecule has 0 bridgehead atoms. The summed E-state index contributed by atoms with van der Waals surface area (Å²) in [6.07, 6.45) is 0. The van der Waals surface area contributed by atoms with Crippen molar-refractivity contribution in [3.05, 3.63) is 78.9 Å². The number of para-hydroxylation sites is 1. The summed E-state index contributed by atoms with van der Waals surface area (Å²) < 4.78 is 35.6. The van der Waals surface area contributed by atoms with E-state index in [0.29, 0.717) is 21.4 Å². The quantitative estimate of drug-likeness (QED) is 0.298. The third-order valence-electron chi connectivity index (χ3n) is 4.63. The molecule has 0 fully saturated rings. The largest absolute Gasteiger partial charge is 0.858 e. The van der Waals surface area contributed by atoms with E-state index >= 15 is 0 Å². The first-order valence-corrected chi connectivity index (χ1v) is 8.35. The van der Waals surface area contributed by atoms with Gasteiger partial charge >= 0.3 is 7.04 Å². The van der Waals surface area contributed by atoms with E-state index in [1.165, 1.54) is 0 Å². The summed E-state index contributed by atoms with van der Waals surface area (Å²) >= 11 is 0. The van der Waals surface area contributed by atoms with Gasteiger partial charge in [0.15, 0.2) is 11.4 Å². The zero-order chi connectivity index (χ0) is 17.7. The van der Waals surface area contributed by atoms with Gasteiger partial charge in [0, 0.05) is 22.9 Å². The van der Waals surface area contributed by atoms with Gasteiger partial charge < -0.3 is 13.3 Å². The maximum absolute atomic E-state index is 14.8. The Hall–Kier alpha value is -3.28. The Bertz CT molecular complexity index is 1190. The van der Waals surface area contributed by atoms with Crippen molar-refractivity contribution in [2.45, 2.75) is 0 Å². The van der Waals surface area contributed by atoms with Gasteiger partial charge in [0.05, 0.1) is 0 Å². The molecular formula is C20H13BF2N2O. The second-order valence-corrected chi connectivity index (χ2v) is 6.23. The molecule has 0 atom stereocenters. The van der Waals surface area contributed by atoms with Crippen LogP contribution in [0.5, 0.6) is 5.75 Å². The third kappa shape index (κ3) is 2.12. The standard InChI is InChI=1S/C20H13BF2N2O/c22-21(23)25(14-8-2-1-3-9-14)24-19-17-12-6-4-10-15(17)16-11-5-7-13-18(16)20(19)26-21/h1-13H. The zero-order valence-electron chi connectivity index (χ0n) is 13.6. The molecule has 1 aliphatic heterocycles. The minimum Gasteiger partial charge on any atom is -0.596 e. The van der Waals surface area contributed by atoms with Crippen LogP contribution in [-0.2, 0) is 0 Å². The molecule has 0 unspecified atom stereocenters. The van der Waals surface area contributed by atoms with E-state index in [1.807, 2.05) is 42.5 Å². The van der Waals surface area contributed by atoms with Crippen LogP contribution >= 0.6 is 0 Å². The molecular weight excluding hydrogens is 333 g/mol. The molecule has 0 aliphatic carbocycles. The number of hydrogen-bond donors (Lipinski definition) is 0. The van der Waals surface area contributed by atoms with E-state index in [-0.39, 0.29) is 5.75 Å². The SMILES string of the molecule is F[B-]1(F)Oc2c(c3ccccc3c3ccccc23)N=[N+]1c1ccccc1. The van der Waals surface area contributed by atoms with Crippen LogP contribution in [0, 0.1) is 0 Å². The van der Waals surface area contributed by atoms with E-state index < -0.39 is 7.04 Å². The minimum absolute atomic E-state index is 0.136. The molecule has 6 heteroatoms. The molecule has 1 aliphatic rings. The maximum atomic E-state index is 14.8. The Labute approximate surface area is 148 Å². The fourth-order valence-electron chi connectivity index (χ4n) is 3.49. The molecule has 3 nitrogen and oxygen atoms in total. The predicted molar refractivity (Wildman–Crippen MR) is 98.5 cm³/mol. The summed E-state index contributed by atoms with van der Waals surface area (Å²) in [5, 5.41) is 7.59. The molecule has 0 saturated carbocycles.